The first-order chi connectivity index (χ1) is 18.2. The number of sulfone groups is 1. The van der Waals surface area contributed by atoms with Crippen molar-refractivity contribution in [2.45, 2.75) is 44.0 Å². The summed E-state index contributed by atoms with van der Waals surface area (Å²) in [4.78, 5) is 17.2. The predicted molar refractivity (Wildman–Crippen MR) is 147 cm³/mol. The lowest BCUT2D eigenvalue weighted by molar-refractivity contribution is -0.123. The zero-order valence-corrected chi connectivity index (χ0v) is 22.9. The number of hydrogen-bond donors (Lipinski definition) is 1. The highest BCUT2D eigenvalue weighted by molar-refractivity contribution is 7.92. The van der Waals surface area contributed by atoms with Gasteiger partial charge in [-0.1, -0.05) is 74.5 Å². The topological polar surface area (TPSA) is 81.1 Å². The van der Waals surface area contributed by atoms with Crippen molar-refractivity contribution in [1.82, 2.24) is 14.9 Å². The first-order valence-corrected chi connectivity index (χ1v) is 14.3. The number of nitrogens with zero attached hydrogens (tertiary/aromatic N) is 2. The number of halogens is 3. The molecular formula is C29H30F3N3O3S. The number of imidazole rings is 1. The first kappa shape index (κ1) is 28.4. The Hall–Kier alpha value is -3.66. The molecule has 4 rings (SSSR count). The molecule has 206 valence electrons. The molecule has 1 amide bonds. The molecule has 2 aromatic carbocycles. The first-order valence-electron chi connectivity index (χ1n) is 12.4. The van der Waals surface area contributed by atoms with Crippen LogP contribution in [0.2, 0.25) is 0 Å². The molecule has 0 saturated heterocycles. The fourth-order valence-electron chi connectivity index (χ4n) is 4.71. The van der Waals surface area contributed by atoms with E-state index in [0.717, 1.165) is 23.0 Å². The van der Waals surface area contributed by atoms with Crippen LogP contribution in [0, 0.1) is 0 Å². The van der Waals surface area contributed by atoms with Gasteiger partial charge in [0.1, 0.15) is 22.8 Å². The van der Waals surface area contributed by atoms with Gasteiger partial charge in [0.05, 0.1) is 0 Å². The number of carbonyl (C=O) groups is 1. The van der Waals surface area contributed by atoms with Crippen LogP contribution in [0.3, 0.4) is 0 Å². The molecule has 1 unspecified atom stereocenters. The van der Waals surface area contributed by atoms with Gasteiger partial charge in [0.15, 0.2) is 9.84 Å². The molecule has 0 radical (unpaired) electrons. The van der Waals surface area contributed by atoms with Crippen LogP contribution in [0.4, 0.5) is 13.2 Å². The summed E-state index contributed by atoms with van der Waals surface area (Å²) in [5.74, 6) is -0.679. The summed E-state index contributed by atoms with van der Waals surface area (Å²) >= 11 is 0. The zero-order valence-electron chi connectivity index (χ0n) is 22.1. The van der Waals surface area contributed by atoms with Crippen molar-refractivity contribution >= 4 is 27.0 Å². The Balaban J connectivity index is 1.95. The number of amides is 1. The molecule has 1 aromatic heterocycles. The maximum absolute atomic E-state index is 13.3. The number of benzene rings is 2. The van der Waals surface area contributed by atoms with E-state index in [2.05, 4.69) is 4.98 Å². The molecule has 1 aliphatic rings. The Kier molecular flexibility index (Phi) is 7.62. The molecule has 3 aromatic rings. The second-order valence-corrected chi connectivity index (χ2v) is 12.6. The highest BCUT2D eigenvalue weighted by Gasteiger charge is 2.44. The van der Waals surface area contributed by atoms with Crippen molar-refractivity contribution in [3.63, 3.8) is 0 Å². The van der Waals surface area contributed by atoms with Gasteiger partial charge in [-0.25, -0.2) is 13.4 Å². The second kappa shape index (κ2) is 10.5. The zero-order chi connectivity index (χ0) is 28.6. The second-order valence-electron chi connectivity index (χ2n) is 10.1. The molecule has 6 nitrogen and oxygen atoms in total. The van der Waals surface area contributed by atoms with Gasteiger partial charge >= 0.3 is 6.18 Å². The van der Waals surface area contributed by atoms with E-state index in [1.54, 1.807) is 25.1 Å². The van der Waals surface area contributed by atoms with Crippen LogP contribution < -0.4 is 5.32 Å². The van der Waals surface area contributed by atoms with E-state index in [1.807, 2.05) is 67.7 Å². The average molecular weight is 558 g/mol. The number of allylic oxidation sites excluding steroid dienone is 3. The van der Waals surface area contributed by atoms with Gasteiger partial charge in [-0.2, -0.15) is 13.2 Å². The van der Waals surface area contributed by atoms with Crippen molar-refractivity contribution in [1.29, 1.82) is 0 Å². The van der Waals surface area contributed by atoms with Gasteiger partial charge in [-0.15, -0.1) is 0 Å². The minimum Gasteiger partial charge on any atom is -0.342 e. The van der Waals surface area contributed by atoms with E-state index >= 15 is 0 Å². The van der Waals surface area contributed by atoms with Crippen molar-refractivity contribution in [3.05, 3.63) is 89.8 Å². The number of alkyl halides is 3. The summed E-state index contributed by atoms with van der Waals surface area (Å²) in [5, 5.41) is 1.86. The Bertz CT molecular complexity index is 1560. The minimum atomic E-state index is -4.59. The number of rotatable bonds is 7. The van der Waals surface area contributed by atoms with E-state index < -0.39 is 33.2 Å². The molecule has 0 aliphatic heterocycles. The van der Waals surface area contributed by atoms with Crippen LogP contribution in [0.15, 0.2) is 72.9 Å². The van der Waals surface area contributed by atoms with Crippen molar-refractivity contribution in [3.8, 4) is 11.4 Å². The van der Waals surface area contributed by atoms with Gasteiger partial charge in [0.25, 0.3) is 5.91 Å². The molecule has 1 N–H and O–H groups in total. The molecule has 10 heteroatoms. The molecule has 0 bridgehead atoms. The number of aromatic nitrogens is 2. The lowest BCUT2D eigenvalue weighted by atomic mass is 9.87. The maximum atomic E-state index is 13.3. The van der Waals surface area contributed by atoms with Gasteiger partial charge in [0, 0.05) is 23.7 Å². The largest absolute Gasteiger partial charge is 0.405 e. The third-order valence-electron chi connectivity index (χ3n) is 6.95. The SMILES string of the molecule is CC(C)c1ccccc1-c1nc(C(=O)NCC(F)(F)F)cn1C1=CC=C(c2ccccc2)CC1(C)S(C)(=O)=O. The molecular weight excluding hydrogens is 527 g/mol. The van der Waals surface area contributed by atoms with Gasteiger partial charge in [-0.05, 0) is 42.0 Å². The Morgan fingerprint density at radius 2 is 1.72 bits per heavy atom. The van der Waals surface area contributed by atoms with E-state index in [1.165, 1.54) is 10.8 Å². The smallest absolute Gasteiger partial charge is 0.342 e. The number of carbonyl (C=O) groups excluding carboxylic acids is 1. The van der Waals surface area contributed by atoms with E-state index in [-0.39, 0.29) is 23.9 Å². The fraction of sp³-hybridized carbons (Fsp3) is 0.310. The summed E-state index contributed by atoms with van der Waals surface area (Å²) in [7, 11) is -3.74. The molecule has 0 saturated carbocycles. The fourth-order valence-corrected chi connectivity index (χ4v) is 5.68. The van der Waals surface area contributed by atoms with Crippen LogP contribution >= 0.6 is 0 Å². The molecule has 0 fully saturated rings. The van der Waals surface area contributed by atoms with Crippen LogP contribution in [0.5, 0.6) is 0 Å². The monoisotopic (exact) mass is 557 g/mol. The molecule has 1 aliphatic carbocycles. The Labute approximate surface area is 226 Å². The molecule has 0 spiro atoms. The maximum Gasteiger partial charge on any atom is 0.405 e. The van der Waals surface area contributed by atoms with Crippen LogP contribution in [-0.2, 0) is 9.84 Å². The van der Waals surface area contributed by atoms with E-state index in [4.69, 9.17) is 0 Å². The molecule has 1 atom stereocenters. The Morgan fingerprint density at radius 3 is 2.33 bits per heavy atom. The summed E-state index contributed by atoms with van der Waals surface area (Å²) in [5.41, 5.74) is 3.34. The number of hydrogen-bond acceptors (Lipinski definition) is 4. The van der Waals surface area contributed by atoms with Gasteiger partial charge in [-0.3, -0.25) is 4.79 Å². The summed E-state index contributed by atoms with van der Waals surface area (Å²) in [6, 6.07) is 16.8. The van der Waals surface area contributed by atoms with Gasteiger partial charge < -0.3 is 9.88 Å². The molecule has 1 heterocycles. The van der Waals surface area contributed by atoms with Gasteiger partial charge in [0.2, 0.25) is 0 Å². The third kappa shape index (κ3) is 5.85. The third-order valence-corrected chi connectivity index (χ3v) is 8.94. The van der Waals surface area contributed by atoms with Crippen molar-refractivity contribution in [2.24, 2.45) is 0 Å². The van der Waals surface area contributed by atoms with Crippen LogP contribution in [0.1, 0.15) is 54.7 Å². The summed E-state index contributed by atoms with van der Waals surface area (Å²) < 4.78 is 65.2. The quantitative estimate of drug-likeness (QED) is 0.381. The standard InChI is InChI=1S/C29H30F3N3O3S/c1-19(2)22-12-8-9-13-23(22)26-34-24(27(36)33-18-29(30,31)32)17-35(26)25-15-14-21(20-10-6-5-7-11-20)16-28(25,3)39(4,37)38/h5-15,17,19H,16,18H2,1-4H3,(H,33,36). The van der Waals surface area contributed by atoms with Crippen molar-refractivity contribution in [2.75, 3.05) is 12.8 Å². The molecule has 39 heavy (non-hydrogen) atoms. The summed E-state index contributed by atoms with van der Waals surface area (Å²) in [6.45, 7) is 4.08. The van der Waals surface area contributed by atoms with E-state index in [9.17, 15) is 26.4 Å². The normalized spacial score (nSPS) is 18.1. The Morgan fingerprint density at radius 1 is 1.08 bits per heavy atom. The average Bonchev–Trinajstić information content (AvgIpc) is 3.31. The van der Waals surface area contributed by atoms with Crippen molar-refractivity contribution < 1.29 is 26.4 Å². The lowest BCUT2D eigenvalue weighted by Crippen LogP contribution is -2.39. The lowest BCUT2D eigenvalue weighted by Gasteiger charge is -2.35. The van der Waals surface area contributed by atoms with Crippen LogP contribution in [0.25, 0.3) is 22.7 Å². The minimum absolute atomic E-state index is 0.0556. The summed E-state index contributed by atoms with van der Waals surface area (Å²) in [6.07, 6.45) is 1.55. The van der Waals surface area contributed by atoms with Crippen LogP contribution in [-0.4, -0.2) is 47.6 Å². The van der Waals surface area contributed by atoms with E-state index in [0.29, 0.717) is 11.3 Å². The highest BCUT2D eigenvalue weighted by Crippen LogP contribution is 2.44. The predicted octanol–water partition coefficient (Wildman–Crippen LogP) is 6.10. The highest BCUT2D eigenvalue weighted by atomic mass is 32.2. The number of nitrogens with one attached hydrogen (secondary N) is 1.